The minimum absolute atomic E-state index is 0.174. The Kier molecular flexibility index (Phi) is 2.79. The van der Waals surface area contributed by atoms with E-state index in [-0.39, 0.29) is 18.3 Å². The van der Waals surface area contributed by atoms with Gasteiger partial charge in [-0.15, -0.1) is 0 Å². The summed E-state index contributed by atoms with van der Waals surface area (Å²) in [4.78, 5) is 3.86. The molecule has 0 fully saturated rings. The van der Waals surface area contributed by atoms with Crippen molar-refractivity contribution >= 4 is 15.9 Å². The molecule has 0 saturated carbocycles. The number of rotatable bonds is 2. The van der Waals surface area contributed by atoms with Crippen LogP contribution in [0, 0.1) is 5.82 Å². The van der Waals surface area contributed by atoms with Crippen LogP contribution < -0.4 is 0 Å². The topological polar surface area (TPSA) is 59.2 Å². The van der Waals surface area contributed by atoms with Gasteiger partial charge >= 0.3 is 0 Å². The number of aliphatic hydroxyl groups is 1. The first kappa shape index (κ1) is 10.3. The number of benzene rings is 1. The first-order valence-electron chi connectivity index (χ1n) is 4.09. The molecular weight excluding hydrogens is 267 g/mol. The van der Waals surface area contributed by atoms with Crippen molar-refractivity contribution in [3.8, 4) is 11.5 Å². The van der Waals surface area contributed by atoms with Gasteiger partial charge < -0.3 is 9.63 Å². The summed E-state index contributed by atoms with van der Waals surface area (Å²) in [6, 6.07) is 4.47. The molecular formula is C9H6BrFN2O2. The number of hydrogen-bond donors (Lipinski definition) is 1. The van der Waals surface area contributed by atoms with Gasteiger partial charge in [0.15, 0.2) is 5.82 Å². The molecule has 0 aliphatic carbocycles. The lowest BCUT2D eigenvalue weighted by Crippen LogP contribution is -1.85. The van der Waals surface area contributed by atoms with Gasteiger partial charge in [0.05, 0.1) is 4.47 Å². The largest absolute Gasteiger partial charge is 0.388 e. The maximum Gasteiger partial charge on any atom is 0.258 e. The zero-order valence-electron chi connectivity index (χ0n) is 7.44. The van der Waals surface area contributed by atoms with Crippen LogP contribution in [-0.4, -0.2) is 15.2 Å². The fourth-order valence-electron chi connectivity index (χ4n) is 1.06. The van der Waals surface area contributed by atoms with E-state index in [1.54, 1.807) is 12.1 Å². The Morgan fingerprint density at radius 1 is 1.47 bits per heavy atom. The lowest BCUT2D eigenvalue weighted by molar-refractivity contribution is 0.264. The third-order valence-electron chi connectivity index (χ3n) is 1.78. The van der Waals surface area contributed by atoms with Crippen molar-refractivity contribution in [2.75, 3.05) is 0 Å². The Hall–Kier alpha value is -1.27. The molecule has 0 amide bonds. The van der Waals surface area contributed by atoms with E-state index < -0.39 is 5.82 Å². The third kappa shape index (κ3) is 2.05. The fraction of sp³-hybridized carbons (Fsp3) is 0.111. The molecule has 2 rings (SSSR count). The second-order valence-corrected chi connectivity index (χ2v) is 3.66. The van der Waals surface area contributed by atoms with Crippen LogP contribution in [0.3, 0.4) is 0 Å². The van der Waals surface area contributed by atoms with E-state index in [0.29, 0.717) is 10.0 Å². The highest BCUT2D eigenvalue weighted by Crippen LogP contribution is 2.23. The molecule has 6 heteroatoms. The van der Waals surface area contributed by atoms with Crippen LogP contribution in [-0.2, 0) is 6.61 Å². The number of nitrogens with zero attached hydrogens (tertiary/aromatic N) is 2. The summed E-state index contributed by atoms with van der Waals surface area (Å²) < 4.78 is 18.4. The SMILES string of the molecule is OCc1noc(-c2ccc(Br)c(F)c2)n1. The van der Waals surface area contributed by atoms with Gasteiger partial charge in [-0.3, -0.25) is 0 Å². The Morgan fingerprint density at radius 2 is 2.27 bits per heavy atom. The molecule has 15 heavy (non-hydrogen) atoms. The summed E-state index contributed by atoms with van der Waals surface area (Å²) in [5, 5.41) is 12.2. The highest BCUT2D eigenvalue weighted by atomic mass is 79.9. The van der Waals surface area contributed by atoms with Crippen molar-refractivity contribution in [2.45, 2.75) is 6.61 Å². The predicted octanol–water partition coefficient (Wildman–Crippen LogP) is 2.13. The van der Waals surface area contributed by atoms with E-state index in [1.165, 1.54) is 6.07 Å². The average Bonchev–Trinajstić information content (AvgIpc) is 2.70. The van der Waals surface area contributed by atoms with Crippen LogP contribution in [0.5, 0.6) is 0 Å². The molecule has 1 aromatic carbocycles. The minimum atomic E-state index is -0.406. The Bertz CT molecular complexity index is 487. The van der Waals surface area contributed by atoms with Gasteiger partial charge in [-0.2, -0.15) is 4.98 Å². The monoisotopic (exact) mass is 272 g/mol. The summed E-state index contributed by atoms with van der Waals surface area (Å²) >= 11 is 3.04. The summed E-state index contributed by atoms with van der Waals surface area (Å²) in [6.07, 6.45) is 0. The summed E-state index contributed by atoms with van der Waals surface area (Å²) in [5.74, 6) is -0.0463. The van der Waals surface area contributed by atoms with Crippen molar-refractivity contribution in [1.82, 2.24) is 10.1 Å². The van der Waals surface area contributed by atoms with Crippen LogP contribution in [0.2, 0.25) is 0 Å². The molecule has 78 valence electrons. The number of aromatic nitrogens is 2. The van der Waals surface area contributed by atoms with Crippen molar-refractivity contribution in [2.24, 2.45) is 0 Å². The van der Waals surface area contributed by atoms with Crippen molar-refractivity contribution in [3.05, 3.63) is 34.3 Å². The van der Waals surface area contributed by atoms with E-state index in [2.05, 4.69) is 26.1 Å². The van der Waals surface area contributed by atoms with Gasteiger partial charge in [-0.1, -0.05) is 5.16 Å². The molecule has 0 aliphatic rings. The fourth-order valence-corrected chi connectivity index (χ4v) is 1.31. The highest BCUT2D eigenvalue weighted by molar-refractivity contribution is 9.10. The zero-order valence-corrected chi connectivity index (χ0v) is 9.03. The van der Waals surface area contributed by atoms with Crippen LogP contribution in [0.1, 0.15) is 5.82 Å². The average molecular weight is 273 g/mol. The molecule has 1 heterocycles. The number of aliphatic hydroxyl groups excluding tert-OH is 1. The van der Waals surface area contributed by atoms with Crippen LogP contribution in [0.15, 0.2) is 27.2 Å². The Balaban J connectivity index is 2.40. The quantitative estimate of drug-likeness (QED) is 0.910. The standard InChI is InChI=1S/C9H6BrFN2O2/c10-6-2-1-5(3-7(6)11)9-12-8(4-14)13-15-9/h1-3,14H,4H2. The van der Waals surface area contributed by atoms with E-state index in [1.807, 2.05) is 0 Å². The van der Waals surface area contributed by atoms with Crippen LogP contribution in [0.25, 0.3) is 11.5 Å². The zero-order chi connectivity index (χ0) is 10.8. The first-order chi connectivity index (χ1) is 7.20. The van der Waals surface area contributed by atoms with Crippen LogP contribution in [0.4, 0.5) is 4.39 Å². The van der Waals surface area contributed by atoms with Gasteiger partial charge in [0.25, 0.3) is 5.89 Å². The predicted molar refractivity (Wildman–Crippen MR) is 53.3 cm³/mol. The summed E-state index contributed by atoms with van der Waals surface area (Å²) in [6.45, 7) is -0.303. The normalized spacial score (nSPS) is 10.6. The molecule has 0 saturated heterocycles. The van der Waals surface area contributed by atoms with E-state index in [0.717, 1.165) is 0 Å². The molecule has 2 aromatic rings. The first-order valence-corrected chi connectivity index (χ1v) is 4.89. The van der Waals surface area contributed by atoms with Crippen molar-refractivity contribution in [1.29, 1.82) is 0 Å². The van der Waals surface area contributed by atoms with Crippen LogP contribution >= 0.6 is 15.9 Å². The molecule has 0 unspecified atom stereocenters. The summed E-state index contributed by atoms with van der Waals surface area (Å²) in [5.41, 5.74) is 0.475. The van der Waals surface area contributed by atoms with Crippen molar-refractivity contribution < 1.29 is 14.0 Å². The molecule has 0 radical (unpaired) electrons. The maximum absolute atomic E-state index is 13.2. The second-order valence-electron chi connectivity index (χ2n) is 2.80. The molecule has 1 aromatic heterocycles. The molecule has 0 spiro atoms. The van der Waals surface area contributed by atoms with E-state index >= 15 is 0 Å². The Morgan fingerprint density at radius 3 is 2.87 bits per heavy atom. The highest BCUT2D eigenvalue weighted by Gasteiger charge is 2.09. The van der Waals surface area contributed by atoms with E-state index in [9.17, 15) is 4.39 Å². The number of hydrogen-bond acceptors (Lipinski definition) is 4. The molecule has 1 N–H and O–H groups in total. The molecule has 0 aliphatic heterocycles. The molecule has 0 atom stereocenters. The van der Waals surface area contributed by atoms with Gasteiger partial charge in [0, 0.05) is 5.56 Å². The maximum atomic E-state index is 13.2. The third-order valence-corrected chi connectivity index (χ3v) is 2.42. The van der Waals surface area contributed by atoms with Crippen molar-refractivity contribution in [3.63, 3.8) is 0 Å². The molecule has 0 bridgehead atoms. The van der Waals surface area contributed by atoms with Gasteiger partial charge in [0.2, 0.25) is 0 Å². The van der Waals surface area contributed by atoms with E-state index in [4.69, 9.17) is 9.63 Å². The second kappa shape index (κ2) is 4.08. The van der Waals surface area contributed by atoms with Gasteiger partial charge in [-0.05, 0) is 34.1 Å². The Labute approximate surface area is 92.9 Å². The molecule has 4 nitrogen and oxygen atoms in total. The van der Waals surface area contributed by atoms with Gasteiger partial charge in [-0.25, -0.2) is 4.39 Å². The summed E-state index contributed by atoms with van der Waals surface area (Å²) in [7, 11) is 0. The minimum Gasteiger partial charge on any atom is -0.388 e. The van der Waals surface area contributed by atoms with Gasteiger partial charge in [0.1, 0.15) is 12.4 Å². The smallest absolute Gasteiger partial charge is 0.258 e. The lowest BCUT2D eigenvalue weighted by Gasteiger charge is -1.96. The lowest BCUT2D eigenvalue weighted by atomic mass is 10.2. The number of halogens is 2.